The van der Waals surface area contributed by atoms with Crippen molar-refractivity contribution in [2.45, 2.75) is 45.6 Å². The molecule has 5 heterocycles. The van der Waals surface area contributed by atoms with E-state index in [2.05, 4.69) is 33.0 Å². The Morgan fingerprint density at radius 3 is 2.51 bits per heavy atom. The first kappa shape index (κ1) is 23.1. The zero-order valence-corrected chi connectivity index (χ0v) is 20.8. The maximum atomic E-state index is 11.4. The molecule has 8 heteroatoms. The number of fused-ring (bicyclic) bond motifs is 1. The highest BCUT2D eigenvalue weighted by molar-refractivity contribution is 5.97. The van der Waals surface area contributed by atoms with Crippen LogP contribution in [-0.2, 0) is 0 Å². The number of hydrogen-bond donors (Lipinski definition) is 1. The van der Waals surface area contributed by atoms with Crippen molar-refractivity contribution in [2.24, 2.45) is 5.92 Å². The van der Waals surface area contributed by atoms with Crippen LogP contribution >= 0.6 is 0 Å². The van der Waals surface area contributed by atoms with E-state index in [4.69, 9.17) is 14.5 Å². The van der Waals surface area contributed by atoms with Gasteiger partial charge < -0.3 is 14.2 Å². The molecule has 0 aliphatic heterocycles. The Morgan fingerprint density at radius 1 is 1.05 bits per heavy atom. The second-order valence-corrected chi connectivity index (χ2v) is 9.73. The minimum atomic E-state index is -1.05. The van der Waals surface area contributed by atoms with Gasteiger partial charge in [-0.25, -0.2) is 14.8 Å². The predicted molar refractivity (Wildman–Crippen MR) is 139 cm³/mol. The molecule has 0 radical (unpaired) electrons. The fourth-order valence-corrected chi connectivity index (χ4v) is 5.72. The van der Waals surface area contributed by atoms with E-state index in [0.29, 0.717) is 5.92 Å². The molecule has 1 atom stereocenters. The highest BCUT2D eigenvalue weighted by Crippen LogP contribution is 2.42. The van der Waals surface area contributed by atoms with Crippen molar-refractivity contribution in [3.05, 3.63) is 84.0 Å². The van der Waals surface area contributed by atoms with Gasteiger partial charge in [0, 0.05) is 52.4 Å². The Labute approximate surface area is 214 Å². The standard InChI is InChI=1S/C29H27N5O3/c1-17-26(18(2)37-33-17)21-13-22-23(20-10-11-25(29(35)36)31-14-20)16-34(28(22)32-15-21)27(19-7-3-4-8-19)24-9-5-6-12-30-24/h5-6,9-16,19,27H,3-4,7-8H2,1-2H3,(H,35,36). The molecular weight excluding hydrogens is 466 g/mol. The van der Waals surface area contributed by atoms with Crippen LogP contribution in [0.1, 0.15) is 59.4 Å². The second kappa shape index (κ2) is 9.28. The van der Waals surface area contributed by atoms with Gasteiger partial charge in [-0.2, -0.15) is 0 Å². The van der Waals surface area contributed by atoms with Crippen LogP contribution in [0.4, 0.5) is 0 Å². The molecule has 0 bridgehead atoms. The monoisotopic (exact) mass is 493 g/mol. The van der Waals surface area contributed by atoms with Crippen LogP contribution in [0.15, 0.2) is 65.7 Å². The van der Waals surface area contributed by atoms with Crippen molar-refractivity contribution in [3.8, 4) is 22.3 Å². The number of rotatable bonds is 6. The number of hydrogen-bond acceptors (Lipinski definition) is 6. The number of nitrogens with zero attached hydrogens (tertiary/aromatic N) is 5. The fourth-order valence-electron chi connectivity index (χ4n) is 5.72. The summed E-state index contributed by atoms with van der Waals surface area (Å²) in [5.41, 5.74) is 6.34. The summed E-state index contributed by atoms with van der Waals surface area (Å²) < 4.78 is 7.68. The lowest BCUT2D eigenvalue weighted by Gasteiger charge is -2.25. The van der Waals surface area contributed by atoms with E-state index in [0.717, 1.165) is 63.3 Å². The summed E-state index contributed by atoms with van der Waals surface area (Å²) in [6.07, 6.45) is 12.2. The molecule has 0 amide bonds. The van der Waals surface area contributed by atoms with Crippen molar-refractivity contribution >= 4 is 17.0 Å². The molecule has 8 nitrogen and oxygen atoms in total. The maximum Gasteiger partial charge on any atom is 0.354 e. The smallest absolute Gasteiger partial charge is 0.354 e. The van der Waals surface area contributed by atoms with E-state index in [1.807, 2.05) is 44.4 Å². The Bertz CT molecular complexity index is 1560. The highest BCUT2D eigenvalue weighted by atomic mass is 16.5. The van der Waals surface area contributed by atoms with Gasteiger partial charge in [-0.15, -0.1) is 0 Å². The van der Waals surface area contributed by atoms with Crippen LogP contribution in [-0.4, -0.2) is 35.8 Å². The van der Waals surface area contributed by atoms with Crippen LogP contribution in [0.25, 0.3) is 33.3 Å². The van der Waals surface area contributed by atoms with Crippen LogP contribution in [0.3, 0.4) is 0 Å². The van der Waals surface area contributed by atoms with E-state index in [-0.39, 0.29) is 11.7 Å². The molecule has 6 rings (SSSR count). The van der Waals surface area contributed by atoms with E-state index in [1.165, 1.54) is 12.8 Å². The number of aromatic nitrogens is 5. The summed E-state index contributed by atoms with van der Waals surface area (Å²) in [6.45, 7) is 3.82. The SMILES string of the molecule is Cc1noc(C)c1-c1cnc2c(c1)c(-c1ccc(C(=O)O)nc1)cn2C(c1ccccn1)C1CCCC1. The molecule has 0 spiro atoms. The van der Waals surface area contributed by atoms with E-state index >= 15 is 0 Å². The second-order valence-electron chi connectivity index (χ2n) is 9.73. The van der Waals surface area contributed by atoms with Crippen molar-refractivity contribution in [2.75, 3.05) is 0 Å². The Morgan fingerprint density at radius 2 is 1.86 bits per heavy atom. The third-order valence-corrected chi connectivity index (χ3v) is 7.42. The van der Waals surface area contributed by atoms with Gasteiger partial charge in [-0.1, -0.05) is 30.1 Å². The Hall–Kier alpha value is -4.33. The molecule has 1 saturated carbocycles. The first-order valence-corrected chi connectivity index (χ1v) is 12.6. The molecule has 1 aliphatic rings. The van der Waals surface area contributed by atoms with E-state index < -0.39 is 5.97 Å². The van der Waals surface area contributed by atoms with E-state index in [9.17, 15) is 9.90 Å². The largest absolute Gasteiger partial charge is 0.477 e. The van der Waals surface area contributed by atoms with Crippen molar-refractivity contribution in [1.29, 1.82) is 0 Å². The highest BCUT2D eigenvalue weighted by Gasteiger charge is 2.31. The van der Waals surface area contributed by atoms with Crippen LogP contribution < -0.4 is 0 Å². The zero-order chi connectivity index (χ0) is 25.5. The van der Waals surface area contributed by atoms with Crippen LogP contribution in [0, 0.1) is 19.8 Å². The first-order valence-electron chi connectivity index (χ1n) is 12.6. The molecule has 5 aromatic heterocycles. The summed E-state index contributed by atoms with van der Waals surface area (Å²) in [5.74, 6) is 0.145. The number of carboxylic acids is 1. The number of pyridine rings is 3. The third-order valence-electron chi connectivity index (χ3n) is 7.42. The van der Waals surface area contributed by atoms with Crippen LogP contribution in [0.5, 0.6) is 0 Å². The number of aromatic carboxylic acids is 1. The first-order chi connectivity index (χ1) is 18.0. The Balaban J connectivity index is 1.59. The summed E-state index contributed by atoms with van der Waals surface area (Å²) in [5, 5.41) is 14.4. The quantitative estimate of drug-likeness (QED) is 0.298. The van der Waals surface area contributed by atoms with Crippen LogP contribution in [0.2, 0.25) is 0 Å². The molecule has 1 unspecified atom stereocenters. The fraction of sp³-hybridized carbons (Fsp3) is 0.276. The number of carbonyl (C=O) groups is 1. The van der Waals surface area contributed by atoms with Gasteiger partial charge in [0.1, 0.15) is 17.1 Å². The molecular formula is C29H27N5O3. The average molecular weight is 494 g/mol. The summed E-state index contributed by atoms with van der Waals surface area (Å²) in [6, 6.07) is 11.6. The lowest BCUT2D eigenvalue weighted by molar-refractivity contribution is 0.0690. The molecule has 1 fully saturated rings. The van der Waals surface area contributed by atoms with Gasteiger partial charge in [0.2, 0.25) is 0 Å². The molecule has 1 N–H and O–H groups in total. The average Bonchev–Trinajstić information content (AvgIpc) is 3.65. The minimum absolute atomic E-state index is 0.0133. The summed E-state index contributed by atoms with van der Waals surface area (Å²) in [4.78, 5) is 25.3. The normalized spacial score (nSPS) is 14.9. The van der Waals surface area contributed by atoms with Gasteiger partial charge in [0.15, 0.2) is 0 Å². The van der Waals surface area contributed by atoms with Crippen molar-refractivity contribution in [1.82, 2.24) is 24.7 Å². The molecule has 0 aromatic carbocycles. The van der Waals surface area contributed by atoms with E-state index in [1.54, 1.807) is 12.3 Å². The lowest BCUT2D eigenvalue weighted by Crippen LogP contribution is -2.19. The predicted octanol–water partition coefficient (Wildman–Crippen LogP) is 6.24. The molecule has 1 aliphatic carbocycles. The van der Waals surface area contributed by atoms with Gasteiger partial charge in [-0.05, 0) is 56.9 Å². The minimum Gasteiger partial charge on any atom is -0.477 e. The zero-order valence-electron chi connectivity index (χ0n) is 20.8. The van der Waals surface area contributed by atoms with Gasteiger partial charge >= 0.3 is 5.97 Å². The third kappa shape index (κ3) is 4.08. The lowest BCUT2D eigenvalue weighted by atomic mass is 9.94. The molecule has 5 aromatic rings. The maximum absolute atomic E-state index is 11.4. The van der Waals surface area contributed by atoms with Crippen molar-refractivity contribution in [3.63, 3.8) is 0 Å². The van der Waals surface area contributed by atoms with Gasteiger partial charge in [0.05, 0.1) is 17.4 Å². The molecule has 37 heavy (non-hydrogen) atoms. The molecule has 0 saturated heterocycles. The molecule has 186 valence electrons. The van der Waals surface area contributed by atoms with Gasteiger partial charge in [-0.3, -0.25) is 4.98 Å². The number of carboxylic acid groups (broad SMARTS) is 1. The van der Waals surface area contributed by atoms with Crippen molar-refractivity contribution < 1.29 is 14.4 Å². The topological polar surface area (TPSA) is 107 Å². The Kier molecular flexibility index (Phi) is 5.79. The van der Waals surface area contributed by atoms with Gasteiger partial charge in [0.25, 0.3) is 0 Å². The number of aryl methyl sites for hydroxylation is 2. The summed E-state index contributed by atoms with van der Waals surface area (Å²) >= 11 is 0. The summed E-state index contributed by atoms with van der Waals surface area (Å²) in [7, 11) is 0.